The molecule has 0 amide bonds. The highest BCUT2D eigenvalue weighted by Gasteiger charge is 2.15. The minimum Gasteiger partial charge on any atom is -0.497 e. The van der Waals surface area contributed by atoms with Crippen LogP contribution in [0, 0.1) is 0 Å². The number of aromatic carboxylic acids is 1. The van der Waals surface area contributed by atoms with E-state index >= 15 is 0 Å². The van der Waals surface area contributed by atoms with E-state index in [-0.39, 0.29) is 11.3 Å². The molecule has 124 valence electrons. The summed E-state index contributed by atoms with van der Waals surface area (Å²) in [7, 11) is 1.56. The Labute approximate surface area is 147 Å². The summed E-state index contributed by atoms with van der Waals surface area (Å²) in [6, 6.07) is 11.4. The molecular formula is C18H15BrO5. The van der Waals surface area contributed by atoms with Gasteiger partial charge in [-0.15, -0.1) is 0 Å². The summed E-state index contributed by atoms with van der Waals surface area (Å²) >= 11 is 3.40. The minimum absolute atomic E-state index is 0.00691. The van der Waals surface area contributed by atoms with Gasteiger partial charge in [0.15, 0.2) is 0 Å². The van der Waals surface area contributed by atoms with Crippen LogP contribution in [0.25, 0.3) is 6.08 Å². The van der Waals surface area contributed by atoms with Gasteiger partial charge in [0.25, 0.3) is 0 Å². The van der Waals surface area contributed by atoms with E-state index in [2.05, 4.69) is 15.9 Å². The second-order valence-electron chi connectivity index (χ2n) is 4.91. The average molecular weight is 391 g/mol. The zero-order valence-corrected chi connectivity index (χ0v) is 14.7. The van der Waals surface area contributed by atoms with Gasteiger partial charge in [0, 0.05) is 10.0 Å². The lowest BCUT2D eigenvalue weighted by molar-refractivity contribution is -0.130. The monoisotopic (exact) mass is 390 g/mol. The number of carbonyl (C=O) groups excluding carboxylic acids is 1. The predicted octanol–water partition coefficient (Wildman–Crippen LogP) is 4.16. The predicted molar refractivity (Wildman–Crippen MR) is 93.4 cm³/mol. The molecule has 0 bridgehead atoms. The number of ether oxygens (including phenoxy) is 2. The van der Waals surface area contributed by atoms with Crippen molar-refractivity contribution in [1.29, 1.82) is 0 Å². The fraction of sp³-hybridized carbons (Fsp3) is 0.111. The normalized spacial score (nSPS) is 11.0. The zero-order valence-electron chi connectivity index (χ0n) is 13.1. The third-order valence-corrected chi connectivity index (χ3v) is 3.94. The molecule has 2 rings (SSSR count). The third kappa shape index (κ3) is 4.23. The molecule has 0 atom stereocenters. The fourth-order valence-corrected chi connectivity index (χ4v) is 2.33. The fourth-order valence-electron chi connectivity index (χ4n) is 1.96. The molecule has 0 aliphatic rings. The van der Waals surface area contributed by atoms with Crippen LogP contribution in [0.15, 0.2) is 52.5 Å². The molecule has 2 aromatic carbocycles. The average Bonchev–Trinajstić information content (AvgIpc) is 2.57. The van der Waals surface area contributed by atoms with Gasteiger partial charge < -0.3 is 14.6 Å². The van der Waals surface area contributed by atoms with Gasteiger partial charge in [-0.3, -0.25) is 0 Å². The number of hydrogen-bond donors (Lipinski definition) is 1. The Balaban J connectivity index is 2.26. The van der Waals surface area contributed by atoms with Gasteiger partial charge >= 0.3 is 11.9 Å². The van der Waals surface area contributed by atoms with Crippen molar-refractivity contribution in [3.63, 3.8) is 0 Å². The van der Waals surface area contributed by atoms with Crippen LogP contribution >= 0.6 is 15.9 Å². The SMILES string of the molecule is COc1ccc(Br)c(C=C(C)C(=O)Oc2ccccc2C(=O)O)c1. The van der Waals surface area contributed by atoms with Crippen molar-refractivity contribution in [1.82, 2.24) is 0 Å². The van der Waals surface area contributed by atoms with E-state index in [1.807, 2.05) is 6.07 Å². The van der Waals surface area contributed by atoms with E-state index in [4.69, 9.17) is 14.6 Å². The van der Waals surface area contributed by atoms with Crippen molar-refractivity contribution >= 4 is 33.9 Å². The molecule has 0 saturated carbocycles. The van der Waals surface area contributed by atoms with Crippen molar-refractivity contribution in [3.8, 4) is 11.5 Å². The second kappa shape index (κ2) is 7.79. The number of rotatable bonds is 5. The maximum atomic E-state index is 12.2. The molecule has 6 heteroatoms. The van der Waals surface area contributed by atoms with Crippen LogP contribution in [0.1, 0.15) is 22.8 Å². The summed E-state index contributed by atoms with van der Waals surface area (Å²) in [4.78, 5) is 23.4. The zero-order chi connectivity index (χ0) is 17.7. The van der Waals surface area contributed by atoms with E-state index in [1.165, 1.54) is 12.1 Å². The number of hydrogen-bond acceptors (Lipinski definition) is 4. The Kier molecular flexibility index (Phi) is 5.76. The third-order valence-electron chi connectivity index (χ3n) is 3.22. The van der Waals surface area contributed by atoms with Gasteiger partial charge in [-0.1, -0.05) is 28.1 Å². The topological polar surface area (TPSA) is 72.8 Å². The number of halogens is 1. The van der Waals surface area contributed by atoms with Gasteiger partial charge in [-0.2, -0.15) is 0 Å². The van der Waals surface area contributed by atoms with Crippen molar-refractivity contribution in [2.24, 2.45) is 0 Å². The Morgan fingerprint density at radius 2 is 1.88 bits per heavy atom. The highest BCUT2D eigenvalue weighted by molar-refractivity contribution is 9.10. The van der Waals surface area contributed by atoms with Crippen LogP contribution in [0.3, 0.4) is 0 Å². The van der Waals surface area contributed by atoms with E-state index in [0.29, 0.717) is 11.3 Å². The molecule has 0 aliphatic carbocycles. The van der Waals surface area contributed by atoms with E-state index in [9.17, 15) is 9.59 Å². The first kappa shape index (κ1) is 17.7. The maximum absolute atomic E-state index is 12.2. The molecular weight excluding hydrogens is 376 g/mol. The molecule has 1 N–H and O–H groups in total. The molecule has 0 saturated heterocycles. The first-order valence-electron chi connectivity index (χ1n) is 6.98. The lowest BCUT2D eigenvalue weighted by Crippen LogP contribution is -2.12. The molecule has 0 unspecified atom stereocenters. The summed E-state index contributed by atoms with van der Waals surface area (Å²) in [5.41, 5.74) is 1.00. The number of carboxylic acid groups (broad SMARTS) is 1. The van der Waals surface area contributed by atoms with Gasteiger partial charge in [0.05, 0.1) is 7.11 Å². The van der Waals surface area contributed by atoms with Crippen molar-refractivity contribution < 1.29 is 24.2 Å². The van der Waals surface area contributed by atoms with Gasteiger partial charge in [0.1, 0.15) is 17.1 Å². The summed E-state index contributed by atoms with van der Waals surface area (Å²) in [5, 5.41) is 9.12. The van der Waals surface area contributed by atoms with E-state index < -0.39 is 11.9 Å². The summed E-state index contributed by atoms with van der Waals surface area (Å²) in [6.45, 7) is 1.59. The molecule has 0 radical (unpaired) electrons. The van der Waals surface area contributed by atoms with E-state index in [0.717, 1.165) is 10.0 Å². The summed E-state index contributed by atoms with van der Waals surface area (Å²) < 4.78 is 11.2. The van der Waals surface area contributed by atoms with Crippen LogP contribution in [-0.4, -0.2) is 24.2 Å². The van der Waals surface area contributed by atoms with Crippen molar-refractivity contribution in [3.05, 3.63) is 63.6 Å². The molecule has 0 aromatic heterocycles. The molecule has 5 nitrogen and oxygen atoms in total. The lowest BCUT2D eigenvalue weighted by Gasteiger charge is -2.08. The second-order valence-corrected chi connectivity index (χ2v) is 5.76. The Morgan fingerprint density at radius 1 is 1.17 bits per heavy atom. The molecule has 24 heavy (non-hydrogen) atoms. The van der Waals surface area contributed by atoms with Crippen LogP contribution < -0.4 is 9.47 Å². The Morgan fingerprint density at radius 3 is 2.54 bits per heavy atom. The first-order valence-corrected chi connectivity index (χ1v) is 7.78. The molecule has 0 spiro atoms. The van der Waals surface area contributed by atoms with E-state index in [1.54, 1.807) is 44.4 Å². The maximum Gasteiger partial charge on any atom is 0.339 e. The largest absolute Gasteiger partial charge is 0.497 e. The number of carbonyl (C=O) groups is 2. The summed E-state index contributed by atoms with van der Waals surface area (Å²) in [6.07, 6.45) is 1.64. The van der Waals surface area contributed by atoms with Gasteiger partial charge in [-0.05, 0) is 48.9 Å². The van der Waals surface area contributed by atoms with Crippen LogP contribution in [-0.2, 0) is 4.79 Å². The number of para-hydroxylation sites is 1. The van der Waals surface area contributed by atoms with Gasteiger partial charge in [-0.25, -0.2) is 9.59 Å². The van der Waals surface area contributed by atoms with Crippen LogP contribution in [0.2, 0.25) is 0 Å². The minimum atomic E-state index is -1.16. The first-order chi connectivity index (χ1) is 11.4. The summed E-state index contributed by atoms with van der Waals surface area (Å²) in [5.74, 6) is -1.12. The standard InChI is InChI=1S/C18H15BrO5/c1-11(9-12-10-13(23-2)7-8-15(12)19)18(22)24-16-6-4-3-5-14(16)17(20)21/h3-10H,1-2H3,(H,20,21). The molecule has 0 heterocycles. The van der Waals surface area contributed by atoms with Crippen molar-refractivity contribution in [2.75, 3.05) is 7.11 Å². The molecule has 2 aromatic rings. The Bertz CT molecular complexity index is 811. The molecule has 0 aliphatic heterocycles. The van der Waals surface area contributed by atoms with Crippen molar-refractivity contribution in [2.45, 2.75) is 6.92 Å². The number of methoxy groups -OCH3 is 1. The number of benzene rings is 2. The van der Waals surface area contributed by atoms with Crippen LogP contribution in [0.5, 0.6) is 11.5 Å². The Hall–Kier alpha value is -2.60. The molecule has 0 fully saturated rings. The lowest BCUT2D eigenvalue weighted by atomic mass is 10.1. The number of carboxylic acids is 1. The highest BCUT2D eigenvalue weighted by Crippen LogP contribution is 2.25. The van der Waals surface area contributed by atoms with Gasteiger partial charge in [0.2, 0.25) is 0 Å². The smallest absolute Gasteiger partial charge is 0.339 e. The highest BCUT2D eigenvalue weighted by atomic mass is 79.9. The number of esters is 1. The quantitative estimate of drug-likeness (QED) is 0.471. The van der Waals surface area contributed by atoms with Crippen LogP contribution in [0.4, 0.5) is 0 Å².